The van der Waals surface area contributed by atoms with Crippen LogP contribution in [0.2, 0.25) is 0 Å². The minimum Gasteiger partial charge on any atom is -0.478 e. The van der Waals surface area contributed by atoms with Gasteiger partial charge in [-0.3, -0.25) is 0 Å². The summed E-state index contributed by atoms with van der Waals surface area (Å²) in [6.07, 6.45) is 1.68. The van der Waals surface area contributed by atoms with Crippen molar-refractivity contribution < 1.29 is 9.90 Å². The molecule has 16 heavy (non-hydrogen) atoms. The zero-order valence-electron chi connectivity index (χ0n) is 9.14. The second-order valence-electron chi connectivity index (χ2n) is 3.77. The molecule has 0 saturated carbocycles. The summed E-state index contributed by atoms with van der Waals surface area (Å²) in [5, 5.41) is 10.7. The van der Waals surface area contributed by atoms with Crippen molar-refractivity contribution >= 4 is 22.6 Å². The highest BCUT2D eigenvalue weighted by atomic mass is 16.4. The Morgan fingerprint density at radius 2 is 2.06 bits per heavy atom. The summed E-state index contributed by atoms with van der Waals surface area (Å²) < 4.78 is 0. The van der Waals surface area contributed by atoms with Gasteiger partial charge in [0.25, 0.3) is 0 Å². The zero-order valence-corrected chi connectivity index (χ0v) is 9.14. The van der Waals surface area contributed by atoms with E-state index in [0.717, 1.165) is 16.6 Å². The van der Waals surface area contributed by atoms with Crippen molar-refractivity contribution in [2.75, 3.05) is 19.0 Å². The summed E-state index contributed by atoms with van der Waals surface area (Å²) in [4.78, 5) is 17.0. The number of aromatic nitrogens is 1. The van der Waals surface area contributed by atoms with E-state index in [1.165, 1.54) is 0 Å². The maximum atomic E-state index is 10.8. The summed E-state index contributed by atoms with van der Waals surface area (Å²) >= 11 is 0. The standard InChI is InChI=1S/C12H12N2O2/c1-14(2)11-10-4-3-9(12(15)16)7-8(10)5-6-13-11/h3-7H,1-2H3,(H,15,16). The van der Waals surface area contributed by atoms with Gasteiger partial charge >= 0.3 is 5.97 Å². The van der Waals surface area contributed by atoms with Gasteiger partial charge in [-0.1, -0.05) is 0 Å². The van der Waals surface area contributed by atoms with Crippen LogP contribution >= 0.6 is 0 Å². The normalized spacial score (nSPS) is 10.4. The number of fused-ring (bicyclic) bond motifs is 1. The average Bonchev–Trinajstić information content (AvgIpc) is 2.27. The van der Waals surface area contributed by atoms with Crippen LogP contribution in [0.1, 0.15) is 10.4 Å². The van der Waals surface area contributed by atoms with Crippen LogP contribution in [0.3, 0.4) is 0 Å². The van der Waals surface area contributed by atoms with Gasteiger partial charge in [0.1, 0.15) is 5.82 Å². The SMILES string of the molecule is CN(C)c1nccc2cc(C(=O)O)ccc12. The van der Waals surface area contributed by atoms with Crippen molar-refractivity contribution in [2.24, 2.45) is 0 Å². The van der Waals surface area contributed by atoms with Crippen molar-refractivity contribution in [3.63, 3.8) is 0 Å². The quantitative estimate of drug-likeness (QED) is 0.834. The predicted molar refractivity (Wildman–Crippen MR) is 63.0 cm³/mol. The van der Waals surface area contributed by atoms with E-state index in [4.69, 9.17) is 5.11 Å². The van der Waals surface area contributed by atoms with Crippen molar-refractivity contribution in [3.05, 3.63) is 36.0 Å². The highest BCUT2D eigenvalue weighted by molar-refractivity contribution is 5.98. The van der Waals surface area contributed by atoms with Crippen molar-refractivity contribution in [1.29, 1.82) is 0 Å². The van der Waals surface area contributed by atoms with E-state index in [0.29, 0.717) is 5.56 Å². The van der Waals surface area contributed by atoms with Crippen molar-refractivity contribution in [3.8, 4) is 0 Å². The van der Waals surface area contributed by atoms with E-state index in [-0.39, 0.29) is 0 Å². The van der Waals surface area contributed by atoms with Gasteiger partial charge in [0.15, 0.2) is 0 Å². The Balaban J connectivity index is 2.68. The number of pyridine rings is 1. The molecule has 0 saturated heterocycles. The summed E-state index contributed by atoms with van der Waals surface area (Å²) in [5.74, 6) is -0.0699. The fraction of sp³-hybridized carbons (Fsp3) is 0.167. The third-order valence-electron chi connectivity index (χ3n) is 2.41. The van der Waals surface area contributed by atoms with Crippen LogP contribution in [0.15, 0.2) is 30.5 Å². The first kappa shape index (κ1) is 10.4. The van der Waals surface area contributed by atoms with Crippen LogP contribution in [0.4, 0.5) is 5.82 Å². The van der Waals surface area contributed by atoms with Crippen LogP contribution in [0.5, 0.6) is 0 Å². The van der Waals surface area contributed by atoms with Gasteiger partial charge in [-0.05, 0) is 29.7 Å². The van der Waals surface area contributed by atoms with Crippen LogP contribution in [-0.4, -0.2) is 30.2 Å². The first-order chi connectivity index (χ1) is 7.59. The number of hydrogen-bond donors (Lipinski definition) is 1. The summed E-state index contributed by atoms with van der Waals surface area (Å²) in [6, 6.07) is 6.86. The number of hydrogen-bond acceptors (Lipinski definition) is 3. The molecule has 0 amide bonds. The molecule has 0 aliphatic heterocycles. The van der Waals surface area contributed by atoms with Gasteiger partial charge < -0.3 is 10.0 Å². The first-order valence-corrected chi connectivity index (χ1v) is 4.89. The van der Waals surface area contributed by atoms with E-state index in [9.17, 15) is 4.79 Å². The summed E-state index contributed by atoms with van der Waals surface area (Å²) in [5.41, 5.74) is 0.295. The Hall–Kier alpha value is -2.10. The third kappa shape index (κ3) is 1.69. The summed E-state index contributed by atoms with van der Waals surface area (Å²) in [7, 11) is 3.82. The largest absolute Gasteiger partial charge is 0.478 e. The fourth-order valence-corrected chi connectivity index (χ4v) is 1.65. The van der Waals surface area contributed by atoms with Crippen LogP contribution in [0, 0.1) is 0 Å². The minimum absolute atomic E-state index is 0.295. The number of anilines is 1. The first-order valence-electron chi connectivity index (χ1n) is 4.89. The zero-order chi connectivity index (χ0) is 11.7. The Morgan fingerprint density at radius 1 is 1.31 bits per heavy atom. The molecule has 0 fully saturated rings. The molecule has 1 aromatic heterocycles. The van der Waals surface area contributed by atoms with Crippen LogP contribution < -0.4 is 4.90 Å². The second kappa shape index (κ2) is 3.81. The van der Waals surface area contributed by atoms with E-state index in [1.807, 2.05) is 25.1 Å². The van der Waals surface area contributed by atoms with Gasteiger partial charge in [0, 0.05) is 25.7 Å². The predicted octanol–water partition coefficient (Wildman–Crippen LogP) is 2.00. The number of rotatable bonds is 2. The van der Waals surface area contributed by atoms with Crippen molar-refractivity contribution in [1.82, 2.24) is 4.98 Å². The molecule has 0 aliphatic rings. The second-order valence-corrected chi connectivity index (χ2v) is 3.77. The van der Waals surface area contributed by atoms with Gasteiger partial charge in [-0.25, -0.2) is 9.78 Å². The average molecular weight is 216 g/mol. The molecule has 0 spiro atoms. The molecule has 0 radical (unpaired) electrons. The molecular formula is C12H12N2O2. The van der Waals surface area contributed by atoms with Gasteiger partial charge in [0.2, 0.25) is 0 Å². The van der Waals surface area contributed by atoms with Crippen LogP contribution in [0.25, 0.3) is 10.8 Å². The number of carbonyl (C=O) groups is 1. The molecule has 1 N–H and O–H groups in total. The molecular weight excluding hydrogens is 204 g/mol. The number of aromatic carboxylic acids is 1. The van der Waals surface area contributed by atoms with E-state index >= 15 is 0 Å². The van der Waals surface area contributed by atoms with Crippen molar-refractivity contribution in [2.45, 2.75) is 0 Å². The Bertz CT molecular complexity index is 550. The topological polar surface area (TPSA) is 53.4 Å². The molecule has 2 rings (SSSR count). The lowest BCUT2D eigenvalue weighted by molar-refractivity contribution is 0.0697. The molecule has 2 aromatic rings. The van der Waals surface area contributed by atoms with Gasteiger partial charge in [-0.15, -0.1) is 0 Å². The lowest BCUT2D eigenvalue weighted by atomic mass is 10.1. The molecule has 0 aliphatic carbocycles. The molecule has 82 valence electrons. The van der Waals surface area contributed by atoms with E-state index in [2.05, 4.69) is 4.98 Å². The summed E-state index contributed by atoms with van der Waals surface area (Å²) in [6.45, 7) is 0. The molecule has 4 nitrogen and oxygen atoms in total. The van der Waals surface area contributed by atoms with Gasteiger partial charge in [0.05, 0.1) is 5.56 Å². The lowest BCUT2D eigenvalue weighted by Gasteiger charge is -2.13. The molecule has 0 bridgehead atoms. The number of carboxylic acid groups (broad SMARTS) is 1. The van der Waals surface area contributed by atoms with E-state index < -0.39 is 5.97 Å². The molecule has 0 unspecified atom stereocenters. The van der Waals surface area contributed by atoms with E-state index in [1.54, 1.807) is 24.4 Å². The maximum Gasteiger partial charge on any atom is 0.335 e. The molecule has 4 heteroatoms. The van der Waals surface area contributed by atoms with Crippen LogP contribution in [-0.2, 0) is 0 Å². The molecule has 1 aromatic carbocycles. The monoisotopic (exact) mass is 216 g/mol. The molecule has 1 heterocycles. The van der Waals surface area contributed by atoms with Gasteiger partial charge in [-0.2, -0.15) is 0 Å². The number of benzene rings is 1. The Morgan fingerprint density at radius 3 is 2.69 bits per heavy atom. The number of carboxylic acids is 1. The molecule has 0 atom stereocenters. The lowest BCUT2D eigenvalue weighted by Crippen LogP contribution is -2.11. The third-order valence-corrected chi connectivity index (χ3v) is 2.41. The Labute approximate surface area is 93.1 Å². The maximum absolute atomic E-state index is 10.8. The fourth-order valence-electron chi connectivity index (χ4n) is 1.65. The Kier molecular flexibility index (Phi) is 2.48. The smallest absolute Gasteiger partial charge is 0.335 e. The number of nitrogens with zero attached hydrogens (tertiary/aromatic N) is 2. The highest BCUT2D eigenvalue weighted by Crippen LogP contribution is 2.23. The highest BCUT2D eigenvalue weighted by Gasteiger charge is 2.07. The minimum atomic E-state index is -0.912.